The van der Waals surface area contributed by atoms with Crippen LogP contribution in [0.5, 0.6) is 5.75 Å². The van der Waals surface area contributed by atoms with Crippen molar-refractivity contribution in [3.63, 3.8) is 0 Å². The number of carbonyl (C=O) groups is 1. The topological polar surface area (TPSA) is 59.6 Å². The second-order valence-corrected chi connectivity index (χ2v) is 5.90. The molecule has 1 heterocycles. The van der Waals surface area contributed by atoms with Crippen molar-refractivity contribution in [2.75, 3.05) is 33.4 Å². The highest BCUT2D eigenvalue weighted by atomic mass is 19.1. The summed E-state index contributed by atoms with van der Waals surface area (Å²) >= 11 is 0. The minimum atomic E-state index is -0.358. The molecule has 2 rings (SSSR count). The van der Waals surface area contributed by atoms with Crippen molar-refractivity contribution in [3.05, 3.63) is 29.6 Å². The molecule has 0 unspecified atom stereocenters. The van der Waals surface area contributed by atoms with Gasteiger partial charge in [0, 0.05) is 12.1 Å². The first kappa shape index (κ1) is 17.7. The summed E-state index contributed by atoms with van der Waals surface area (Å²) in [6.45, 7) is 4.39. The minimum absolute atomic E-state index is 0.0124. The van der Waals surface area contributed by atoms with E-state index in [2.05, 4.69) is 10.6 Å². The second kappa shape index (κ2) is 8.84. The van der Waals surface area contributed by atoms with Crippen LogP contribution in [0.4, 0.5) is 4.39 Å². The van der Waals surface area contributed by atoms with Crippen molar-refractivity contribution in [1.29, 1.82) is 0 Å². The summed E-state index contributed by atoms with van der Waals surface area (Å²) in [5.74, 6) is 0.446. The van der Waals surface area contributed by atoms with Gasteiger partial charge in [-0.05, 0) is 50.4 Å². The summed E-state index contributed by atoms with van der Waals surface area (Å²) in [6, 6.07) is 3.91. The lowest BCUT2D eigenvalue weighted by Gasteiger charge is -2.22. The average molecular weight is 324 g/mol. The SMILES string of the molecule is COc1ccc(F)cc1[C@@H](C)NC(=O)COC[C@@H]1CCCNC1. The number of methoxy groups -OCH3 is 1. The molecule has 1 saturated heterocycles. The maximum absolute atomic E-state index is 13.4. The van der Waals surface area contributed by atoms with E-state index in [1.165, 1.54) is 19.2 Å². The summed E-state index contributed by atoms with van der Waals surface area (Å²) in [6.07, 6.45) is 2.28. The third-order valence-corrected chi connectivity index (χ3v) is 4.02. The Labute approximate surface area is 136 Å². The van der Waals surface area contributed by atoms with Crippen molar-refractivity contribution < 1.29 is 18.7 Å². The summed E-state index contributed by atoms with van der Waals surface area (Å²) in [5, 5.41) is 6.12. The van der Waals surface area contributed by atoms with Gasteiger partial charge in [0.05, 0.1) is 19.8 Å². The largest absolute Gasteiger partial charge is 0.496 e. The molecule has 2 N–H and O–H groups in total. The van der Waals surface area contributed by atoms with Gasteiger partial charge in [-0.3, -0.25) is 4.79 Å². The normalized spacial score (nSPS) is 19.2. The molecule has 128 valence electrons. The number of amides is 1. The van der Waals surface area contributed by atoms with Crippen molar-refractivity contribution in [3.8, 4) is 5.75 Å². The Morgan fingerprint density at radius 1 is 1.52 bits per heavy atom. The van der Waals surface area contributed by atoms with Gasteiger partial charge in [-0.25, -0.2) is 4.39 Å². The van der Waals surface area contributed by atoms with Crippen LogP contribution in [0.15, 0.2) is 18.2 Å². The van der Waals surface area contributed by atoms with Crippen LogP contribution in [-0.4, -0.2) is 39.3 Å². The molecule has 0 aromatic heterocycles. The fraction of sp³-hybridized carbons (Fsp3) is 0.588. The predicted octanol–water partition coefficient (Wildman–Crippen LogP) is 2.03. The molecule has 1 aromatic rings. The van der Waals surface area contributed by atoms with Crippen LogP contribution in [0.1, 0.15) is 31.4 Å². The fourth-order valence-electron chi connectivity index (χ4n) is 2.79. The Morgan fingerprint density at radius 3 is 3.04 bits per heavy atom. The van der Waals surface area contributed by atoms with Crippen molar-refractivity contribution in [1.82, 2.24) is 10.6 Å². The van der Waals surface area contributed by atoms with Gasteiger partial charge < -0.3 is 20.1 Å². The Balaban J connectivity index is 1.79. The smallest absolute Gasteiger partial charge is 0.246 e. The van der Waals surface area contributed by atoms with Crippen LogP contribution in [-0.2, 0) is 9.53 Å². The molecule has 1 fully saturated rings. The van der Waals surface area contributed by atoms with Crippen LogP contribution in [0.3, 0.4) is 0 Å². The maximum atomic E-state index is 13.4. The van der Waals surface area contributed by atoms with Crippen LogP contribution in [0, 0.1) is 11.7 Å². The Morgan fingerprint density at radius 2 is 2.35 bits per heavy atom. The molecule has 0 aliphatic carbocycles. The first-order chi connectivity index (χ1) is 11.1. The van der Waals surface area contributed by atoms with E-state index in [4.69, 9.17) is 9.47 Å². The van der Waals surface area contributed by atoms with Gasteiger partial charge in [-0.1, -0.05) is 0 Å². The highest BCUT2D eigenvalue weighted by Gasteiger charge is 2.17. The predicted molar refractivity (Wildman–Crippen MR) is 85.9 cm³/mol. The summed E-state index contributed by atoms with van der Waals surface area (Å²) in [5.41, 5.74) is 0.609. The number of benzene rings is 1. The van der Waals surface area contributed by atoms with Crippen molar-refractivity contribution in [2.45, 2.75) is 25.8 Å². The van der Waals surface area contributed by atoms with Crippen molar-refractivity contribution >= 4 is 5.91 Å². The third kappa shape index (κ3) is 5.48. The molecular weight excluding hydrogens is 299 g/mol. The molecule has 0 bridgehead atoms. The number of ether oxygens (including phenoxy) is 2. The van der Waals surface area contributed by atoms with Gasteiger partial charge in [0.25, 0.3) is 0 Å². The van der Waals surface area contributed by atoms with Crippen LogP contribution >= 0.6 is 0 Å². The molecule has 1 aliphatic heterocycles. The monoisotopic (exact) mass is 324 g/mol. The zero-order valence-electron chi connectivity index (χ0n) is 13.7. The number of halogens is 1. The first-order valence-electron chi connectivity index (χ1n) is 8.01. The highest BCUT2D eigenvalue weighted by molar-refractivity contribution is 5.77. The van der Waals surface area contributed by atoms with E-state index in [0.717, 1.165) is 25.9 Å². The number of hydrogen-bond donors (Lipinski definition) is 2. The first-order valence-corrected chi connectivity index (χ1v) is 8.01. The highest BCUT2D eigenvalue weighted by Crippen LogP contribution is 2.25. The van der Waals surface area contributed by atoms with E-state index < -0.39 is 0 Å². The lowest BCUT2D eigenvalue weighted by Crippen LogP contribution is -2.34. The lowest BCUT2D eigenvalue weighted by molar-refractivity contribution is -0.126. The number of nitrogens with one attached hydrogen (secondary N) is 2. The molecular formula is C17H25FN2O3. The van der Waals surface area contributed by atoms with Crippen LogP contribution < -0.4 is 15.4 Å². The van der Waals surface area contributed by atoms with Crippen LogP contribution in [0.2, 0.25) is 0 Å². The van der Waals surface area contributed by atoms with Crippen LogP contribution in [0.25, 0.3) is 0 Å². The van der Waals surface area contributed by atoms with E-state index >= 15 is 0 Å². The maximum Gasteiger partial charge on any atom is 0.246 e. The summed E-state index contributed by atoms with van der Waals surface area (Å²) in [4.78, 5) is 12.0. The van der Waals surface area contributed by atoms with Gasteiger partial charge >= 0.3 is 0 Å². The van der Waals surface area contributed by atoms with Gasteiger partial charge in [0.15, 0.2) is 0 Å². The zero-order chi connectivity index (χ0) is 16.7. The molecule has 1 aromatic carbocycles. The minimum Gasteiger partial charge on any atom is -0.496 e. The van der Waals surface area contributed by atoms with Gasteiger partial charge in [0.1, 0.15) is 18.2 Å². The van der Waals surface area contributed by atoms with E-state index in [0.29, 0.717) is 23.8 Å². The van der Waals surface area contributed by atoms with E-state index in [-0.39, 0.29) is 24.4 Å². The van der Waals surface area contributed by atoms with E-state index in [1.54, 1.807) is 13.0 Å². The molecule has 6 heteroatoms. The van der Waals surface area contributed by atoms with Crippen molar-refractivity contribution in [2.24, 2.45) is 5.92 Å². The fourth-order valence-corrected chi connectivity index (χ4v) is 2.79. The number of rotatable bonds is 7. The third-order valence-electron chi connectivity index (χ3n) is 4.02. The number of carbonyl (C=O) groups excluding carboxylic acids is 1. The lowest BCUT2D eigenvalue weighted by atomic mass is 10.0. The van der Waals surface area contributed by atoms with E-state index in [9.17, 15) is 9.18 Å². The molecule has 1 amide bonds. The molecule has 1 aliphatic rings. The average Bonchev–Trinajstić information content (AvgIpc) is 2.55. The summed E-state index contributed by atoms with van der Waals surface area (Å²) in [7, 11) is 1.52. The zero-order valence-corrected chi connectivity index (χ0v) is 13.7. The second-order valence-electron chi connectivity index (χ2n) is 5.90. The number of piperidine rings is 1. The molecule has 0 spiro atoms. The van der Waals surface area contributed by atoms with E-state index in [1.807, 2.05) is 0 Å². The number of hydrogen-bond acceptors (Lipinski definition) is 4. The Hall–Kier alpha value is -1.66. The van der Waals surface area contributed by atoms with Gasteiger partial charge in [-0.15, -0.1) is 0 Å². The molecule has 0 saturated carbocycles. The quantitative estimate of drug-likeness (QED) is 0.806. The Bertz CT molecular complexity index is 519. The summed E-state index contributed by atoms with van der Waals surface area (Å²) < 4.78 is 24.1. The molecule has 0 radical (unpaired) electrons. The van der Waals surface area contributed by atoms with Gasteiger partial charge in [0.2, 0.25) is 5.91 Å². The standard InChI is InChI=1S/C17H25FN2O3/c1-12(15-8-14(18)5-6-16(15)22-2)20-17(21)11-23-10-13-4-3-7-19-9-13/h5-6,8,12-13,19H,3-4,7,9-11H2,1-2H3,(H,20,21)/t12-,13-/m1/s1. The molecule has 5 nitrogen and oxygen atoms in total. The molecule has 23 heavy (non-hydrogen) atoms. The Kier molecular flexibility index (Phi) is 6.80. The molecule has 2 atom stereocenters. The van der Waals surface area contributed by atoms with Gasteiger partial charge in [-0.2, -0.15) is 0 Å².